The molecular formula is C18H24F2N6O2. The van der Waals surface area contributed by atoms with Gasteiger partial charge in [-0.2, -0.15) is 0 Å². The van der Waals surface area contributed by atoms with Crippen LogP contribution in [0.4, 0.5) is 8.78 Å². The minimum Gasteiger partial charge on any atom is -0.329 e. The summed E-state index contributed by atoms with van der Waals surface area (Å²) >= 11 is 0. The van der Waals surface area contributed by atoms with E-state index in [4.69, 9.17) is 11.5 Å². The van der Waals surface area contributed by atoms with E-state index in [1.54, 1.807) is 0 Å². The second-order valence-corrected chi connectivity index (χ2v) is 7.45. The molecule has 1 aromatic rings. The summed E-state index contributed by atoms with van der Waals surface area (Å²) in [4.78, 5) is 15.2. The predicted octanol–water partition coefficient (Wildman–Crippen LogP) is 1.69. The van der Waals surface area contributed by atoms with Crippen LogP contribution in [0.25, 0.3) is 0 Å². The van der Waals surface area contributed by atoms with Crippen molar-refractivity contribution in [3.63, 3.8) is 0 Å². The van der Waals surface area contributed by atoms with Crippen LogP contribution in [0.5, 0.6) is 0 Å². The monoisotopic (exact) mass is 394 g/mol. The minimum absolute atomic E-state index is 0.0139. The van der Waals surface area contributed by atoms with E-state index in [1.165, 1.54) is 18.3 Å². The number of hydrogen-bond donors (Lipinski definition) is 4. The van der Waals surface area contributed by atoms with Gasteiger partial charge in [0.1, 0.15) is 11.6 Å². The van der Waals surface area contributed by atoms with Crippen LogP contribution in [0.3, 0.4) is 0 Å². The Morgan fingerprint density at radius 2 is 1.86 bits per heavy atom. The highest BCUT2D eigenvalue weighted by Crippen LogP contribution is 2.32. The first-order chi connectivity index (χ1) is 13.2. The maximum absolute atomic E-state index is 13.3. The fourth-order valence-corrected chi connectivity index (χ4v) is 3.75. The molecule has 1 aliphatic carbocycles. The van der Waals surface area contributed by atoms with Crippen LogP contribution >= 0.6 is 0 Å². The number of aliphatic imine (C=N–C) groups is 1. The normalized spacial score (nSPS) is 29.0. The van der Waals surface area contributed by atoms with E-state index in [0.717, 1.165) is 31.7 Å². The maximum atomic E-state index is 13.3. The van der Waals surface area contributed by atoms with Crippen molar-refractivity contribution in [2.45, 2.75) is 50.4 Å². The predicted molar refractivity (Wildman–Crippen MR) is 100 cm³/mol. The largest absolute Gasteiger partial charge is 0.329 e. The van der Waals surface area contributed by atoms with Crippen molar-refractivity contribution < 1.29 is 13.7 Å². The van der Waals surface area contributed by atoms with Gasteiger partial charge >= 0.3 is 5.70 Å². The van der Waals surface area contributed by atoms with Gasteiger partial charge in [-0.15, -0.1) is 0 Å². The van der Waals surface area contributed by atoms with Crippen molar-refractivity contribution in [3.05, 3.63) is 57.4 Å². The van der Waals surface area contributed by atoms with Crippen LogP contribution in [-0.4, -0.2) is 22.6 Å². The lowest BCUT2D eigenvalue weighted by atomic mass is 9.80. The summed E-state index contributed by atoms with van der Waals surface area (Å²) in [6.07, 6.45) is 5.02. The summed E-state index contributed by atoms with van der Waals surface area (Å²) in [5.41, 5.74) is 11.1. The van der Waals surface area contributed by atoms with Crippen LogP contribution in [0.15, 0.2) is 35.1 Å². The Balaban J connectivity index is 1.75. The van der Waals surface area contributed by atoms with Gasteiger partial charge in [-0.25, -0.2) is 13.8 Å². The molecule has 1 fully saturated rings. The third kappa shape index (κ3) is 4.82. The number of rotatable bonds is 5. The van der Waals surface area contributed by atoms with Crippen molar-refractivity contribution in [1.82, 2.24) is 10.6 Å². The van der Waals surface area contributed by atoms with Gasteiger partial charge in [-0.05, 0) is 55.7 Å². The highest BCUT2D eigenvalue weighted by Gasteiger charge is 2.44. The van der Waals surface area contributed by atoms with Crippen molar-refractivity contribution >= 4 is 5.96 Å². The molecule has 28 heavy (non-hydrogen) atoms. The smallest absolute Gasteiger partial charge is 0.301 e. The number of nitrogens with zero attached hydrogens (tertiary/aromatic N) is 2. The van der Waals surface area contributed by atoms with E-state index in [0.29, 0.717) is 12.0 Å². The third-order valence-electron chi connectivity index (χ3n) is 5.18. The molecule has 2 aliphatic rings. The highest BCUT2D eigenvalue weighted by molar-refractivity contribution is 5.83. The van der Waals surface area contributed by atoms with Gasteiger partial charge in [0, 0.05) is 12.1 Å². The zero-order valence-corrected chi connectivity index (χ0v) is 15.3. The van der Waals surface area contributed by atoms with E-state index >= 15 is 0 Å². The van der Waals surface area contributed by atoms with Gasteiger partial charge in [-0.1, -0.05) is 0 Å². The van der Waals surface area contributed by atoms with E-state index in [2.05, 4.69) is 15.6 Å². The Morgan fingerprint density at radius 3 is 2.46 bits per heavy atom. The lowest BCUT2D eigenvalue weighted by Gasteiger charge is -2.37. The molecule has 0 bridgehead atoms. The molecule has 152 valence electrons. The van der Waals surface area contributed by atoms with Gasteiger partial charge in [0.2, 0.25) is 0 Å². The van der Waals surface area contributed by atoms with E-state index in [1.807, 2.05) is 0 Å². The van der Waals surface area contributed by atoms with Crippen molar-refractivity contribution in [2.75, 3.05) is 0 Å². The fourth-order valence-electron chi connectivity index (χ4n) is 3.75. The molecule has 0 saturated heterocycles. The molecule has 1 aromatic carbocycles. The second kappa shape index (κ2) is 8.19. The minimum atomic E-state index is -1.40. The maximum Gasteiger partial charge on any atom is 0.301 e. The lowest BCUT2D eigenvalue weighted by Crippen LogP contribution is -2.64. The Labute approximate surface area is 161 Å². The summed E-state index contributed by atoms with van der Waals surface area (Å²) in [7, 11) is 0. The van der Waals surface area contributed by atoms with Gasteiger partial charge < -0.3 is 16.4 Å². The number of nitro groups is 1. The first kappa shape index (κ1) is 20.2. The fraction of sp³-hybridized carbons (Fsp3) is 0.500. The average molecular weight is 394 g/mol. The number of benzene rings is 1. The van der Waals surface area contributed by atoms with Gasteiger partial charge in [0.05, 0.1) is 17.7 Å². The first-order valence-corrected chi connectivity index (χ1v) is 9.19. The van der Waals surface area contributed by atoms with Crippen LogP contribution in [0, 0.1) is 27.7 Å². The molecule has 1 unspecified atom stereocenters. The number of nitrogens with one attached hydrogen (secondary N) is 2. The molecule has 0 radical (unpaired) electrons. The molecule has 0 spiro atoms. The Hall–Kier alpha value is -2.59. The molecular weight excluding hydrogens is 370 g/mol. The van der Waals surface area contributed by atoms with Crippen LogP contribution in [-0.2, 0) is 6.54 Å². The number of nitrogens with two attached hydrogens (primary N) is 2. The third-order valence-corrected chi connectivity index (χ3v) is 5.18. The molecule has 1 heterocycles. The number of guanidine groups is 1. The molecule has 1 atom stereocenters. The summed E-state index contributed by atoms with van der Waals surface area (Å²) < 4.78 is 26.6. The summed E-state index contributed by atoms with van der Waals surface area (Å²) in [5, 5.41) is 17.1. The van der Waals surface area contributed by atoms with Crippen molar-refractivity contribution in [2.24, 2.45) is 22.4 Å². The molecule has 1 aliphatic heterocycles. The van der Waals surface area contributed by atoms with Crippen LogP contribution < -0.4 is 22.1 Å². The van der Waals surface area contributed by atoms with Crippen LogP contribution in [0.1, 0.15) is 37.7 Å². The van der Waals surface area contributed by atoms with Gasteiger partial charge in [-0.3, -0.25) is 15.8 Å². The topological polar surface area (TPSA) is 132 Å². The highest BCUT2D eigenvalue weighted by atomic mass is 19.1. The number of hydrogen-bond acceptors (Lipinski definition) is 5. The summed E-state index contributed by atoms with van der Waals surface area (Å²) in [5.74, 6) is -0.972. The summed E-state index contributed by atoms with van der Waals surface area (Å²) in [6.45, 7) is -0.0139. The Bertz CT molecular complexity index is 787. The second-order valence-electron chi connectivity index (χ2n) is 7.45. The zero-order valence-electron chi connectivity index (χ0n) is 15.3. The standard InChI is InChI=1S/C18H24F2N6O2/c19-13-5-12(6-14(20)7-13)9-23-17-24-10-16(26(27)28)18(22,25-17)8-11-1-3-15(21)4-2-11/h5-7,10-11,15H,1-4,8-9,21-22H2,(H2,23,24,25). The molecule has 0 amide bonds. The average Bonchev–Trinajstić information content (AvgIpc) is 2.61. The van der Waals surface area contributed by atoms with Crippen molar-refractivity contribution in [3.8, 4) is 0 Å². The van der Waals surface area contributed by atoms with Crippen LogP contribution in [0.2, 0.25) is 0 Å². The van der Waals surface area contributed by atoms with Gasteiger partial charge in [0.25, 0.3) is 0 Å². The Kier molecular flexibility index (Phi) is 5.90. The molecule has 8 nitrogen and oxygen atoms in total. The van der Waals surface area contributed by atoms with Crippen molar-refractivity contribution in [1.29, 1.82) is 0 Å². The molecule has 10 heteroatoms. The van der Waals surface area contributed by atoms with E-state index in [-0.39, 0.29) is 30.2 Å². The van der Waals surface area contributed by atoms with E-state index < -0.39 is 22.2 Å². The molecule has 3 rings (SSSR count). The zero-order chi connectivity index (χ0) is 20.3. The molecule has 1 saturated carbocycles. The first-order valence-electron chi connectivity index (χ1n) is 9.19. The summed E-state index contributed by atoms with van der Waals surface area (Å²) in [6, 6.07) is 3.30. The SMILES string of the molecule is NC1CCC(CC2(N)NC(=NCc3cc(F)cc(F)c3)NC=C2[N+](=O)[O-])CC1. The molecule has 6 N–H and O–H groups in total. The van der Waals surface area contributed by atoms with E-state index in [9.17, 15) is 18.9 Å². The molecule has 0 aromatic heterocycles. The van der Waals surface area contributed by atoms with Gasteiger partial charge in [0.15, 0.2) is 11.6 Å². The number of halogens is 2. The Morgan fingerprint density at radius 1 is 1.21 bits per heavy atom. The lowest BCUT2D eigenvalue weighted by molar-refractivity contribution is -0.437. The quantitative estimate of drug-likeness (QED) is 0.444.